The van der Waals surface area contributed by atoms with Crippen LogP contribution in [0.25, 0.3) is 11.4 Å². The lowest BCUT2D eigenvalue weighted by atomic mass is 10.1. The molecule has 4 rings (SSSR count). The molecule has 0 unspecified atom stereocenters. The number of benzene rings is 2. The number of anilines is 1. The molecule has 29 heavy (non-hydrogen) atoms. The van der Waals surface area contributed by atoms with Gasteiger partial charge in [-0.05, 0) is 48.0 Å². The first-order valence-electron chi connectivity index (χ1n) is 9.80. The molecule has 1 amide bonds. The molecular weight excluding hydrogens is 388 g/mol. The number of rotatable bonds is 5. The molecule has 1 saturated heterocycles. The summed E-state index contributed by atoms with van der Waals surface area (Å²) in [5.74, 6) is 0.530. The Kier molecular flexibility index (Phi) is 5.76. The van der Waals surface area contributed by atoms with Crippen molar-refractivity contribution in [1.82, 2.24) is 25.1 Å². The normalized spacial score (nSPS) is 15.4. The van der Waals surface area contributed by atoms with Gasteiger partial charge in [0.1, 0.15) is 0 Å². The predicted molar refractivity (Wildman–Crippen MR) is 113 cm³/mol. The predicted octanol–water partition coefficient (Wildman–Crippen LogP) is 3.29. The van der Waals surface area contributed by atoms with E-state index in [0.717, 1.165) is 18.7 Å². The van der Waals surface area contributed by atoms with Crippen molar-refractivity contribution in [3.05, 3.63) is 59.6 Å². The molecule has 150 valence electrons. The van der Waals surface area contributed by atoms with E-state index < -0.39 is 6.04 Å². The minimum Gasteiger partial charge on any atom is -0.368 e. The van der Waals surface area contributed by atoms with Crippen LogP contribution in [0.1, 0.15) is 19.4 Å². The van der Waals surface area contributed by atoms with E-state index in [9.17, 15) is 4.79 Å². The Morgan fingerprint density at radius 2 is 1.72 bits per heavy atom. The molecule has 8 heteroatoms. The zero-order valence-corrected chi connectivity index (χ0v) is 17.0. The molecule has 0 radical (unpaired) electrons. The lowest BCUT2D eigenvalue weighted by Crippen LogP contribution is -2.50. The molecule has 1 atom stereocenters. The Balaban J connectivity index is 1.43. The Labute approximate surface area is 174 Å². The molecule has 0 aliphatic carbocycles. The van der Waals surface area contributed by atoms with Gasteiger partial charge in [0.2, 0.25) is 11.7 Å². The molecule has 3 aromatic rings. The van der Waals surface area contributed by atoms with Crippen molar-refractivity contribution in [2.75, 3.05) is 31.1 Å². The molecule has 0 N–H and O–H groups in total. The van der Waals surface area contributed by atoms with Crippen LogP contribution in [0.15, 0.2) is 54.6 Å². The first kappa shape index (κ1) is 19.4. The summed E-state index contributed by atoms with van der Waals surface area (Å²) >= 11 is 5.94. The third-order valence-corrected chi connectivity index (χ3v) is 5.45. The van der Waals surface area contributed by atoms with Crippen LogP contribution >= 0.6 is 11.6 Å². The van der Waals surface area contributed by atoms with Crippen LogP contribution < -0.4 is 4.90 Å². The monoisotopic (exact) mass is 410 g/mol. The van der Waals surface area contributed by atoms with E-state index in [1.54, 1.807) is 12.1 Å². The molecule has 0 bridgehead atoms. The standard InChI is InChI=1S/C21H23ClN6O/c1-2-19(28-24-20(23-25-28)16-8-10-17(22)11-9-16)21(29)27-14-12-26(13-15-27)18-6-4-3-5-7-18/h3-11,19H,2,12-15H2,1H3/t19-/m1/s1. The molecule has 1 fully saturated rings. The Morgan fingerprint density at radius 1 is 1.03 bits per heavy atom. The van der Waals surface area contributed by atoms with E-state index >= 15 is 0 Å². The molecule has 1 aliphatic rings. The van der Waals surface area contributed by atoms with E-state index in [1.165, 1.54) is 10.5 Å². The zero-order valence-electron chi connectivity index (χ0n) is 16.3. The first-order valence-corrected chi connectivity index (χ1v) is 10.2. The third kappa shape index (κ3) is 4.24. The number of nitrogens with zero attached hydrogens (tertiary/aromatic N) is 6. The van der Waals surface area contributed by atoms with Gasteiger partial charge in [0.25, 0.3) is 0 Å². The van der Waals surface area contributed by atoms with Gasteiger partial charge in [-0.1, -0.05) is 36.7 Å². The van der Waals surface area contributed by atoms with Gasteiger partial charge in [-0.15, -0.1) is 10.2 Å². The van der Waals surface area contributed by atoms with Crippen molar-refractivity contribution in [3.8, 4) is 11.4 Å². The molecule has 2 heterocycles. The number of halogens is 1. The highest BCUT2D eigenvalue weighted by atomic mass is 35.5. The molecule has 1 aliphatic heterocycles. The topological polar surface area (TPSA) is 67.2 Å². The van der Waals surface area contributed by atoms with Crippen LogP contribution in [0.4, 0.5) is 5.69 Å². The van der Waals surface area contributed by atoms with Crippen molar-refractivity contribution in [2.24, 2.45) is 0 Å². The Morgan fingerprint density at radius 3 is 2.38 bits per heavy atom. The molecule has 0 saturated carbocycles. The summed E-state index contributed by atoms with van der Waals surface area (Å²) < 4.78 is 0. The lowest BCUT2D eigenvalue weighted by Gasteiger charge is -2.37. The van der Waals surface area contributed by atoms with Gasteiger partial charge < -0.3 is 9.80 Å². The fourth-order valence-electron chi connectivity index (χ4n) is 3.54. The number of piperazine rings is 1. The minimum atomic E-state index is -0.452. The van der Waals surface area contributed by atoms with E-state index in [4.69, 9.17) is 11.6 Å². The number of aromatic nitrogens is 4. The fraction of sp³-hybridized carbons (Fsp3) is 0.333. The summed E-state index contributed by atoms with van der Waals surface area (Å²) in [5, 5.41) is 13.4. The number of hydrogen-bond donors (Lipinski definition) is 0. The second kappa shape index (κ2) is 8.61. The maximum absolute atomic E-state index is 13.1. The van der Waals surface area contributed by atoms with E-state index in [1.807, 2.05) is 42.2 Å². The lowest BCUT2D eigenvalue weighted by molar-refractivity contribution is -0.135. The summed E-state index contributed by atoms with van der Waals surface area (Å²) in [6, 6.07) is 17.1. The van der Waals surface area contributed by atoms with Crippen LogP contribution in [0.3, 0.4) is 0 Å². The van der Waals surface area contributed by atoms with Crippen molar-refractivity contribution >= 4 is 23.2 Å². The highest BCUT2D eigenvalue weighted by molar-refractivity contribution is 6.30. The van der Waals surface area contributed by atoms with E-state index in [2.05, 4.69) is 32.4 Å². The van der Waals surface area contributed by atoms with Crippen LogP contribution in [-0.4, -0.2) is 57.2 Å². The number of hydrogen-bond acceptors (Lipinski definition) is 5. The quantitative estimate of drug-likeness (QED) is 0.645. The zero-order chi connectivity index (χ0) is 20.2. The number of carbonyl (C=O) groups is 1. The average molecular weight is 411 g/mol. The van der Waals surface area contributed by atoms with E-state index in [-0.39, 0.29) is 5.91 Å². The second-order valence-corrected chi connectivity index (χ2v) is 7.45. The van der Waals surface area contributed by atoms with Crippen LogP contribution in [0, 0.1) is 0 Å². The molecular formula is C21H23ClN6O. The minimum absolute atomic E-state index is 0.0419. The number of amides is 1. The number of carbonyl (C=O) groups excluding carboxylic acids is 1. The smallest absolute Gasteiger partial charge is 0.249 e. The van der Waals surface area contributed by atoms with Crippen molar-refractivity contribution in [1.29, 1.82) is 0 Å². The van der Waals surface area contributed by atoms with Crippen molar-refractivity contribution < 1.29 is 4.79 Å². The largest absolute Gasteiger partial charge is 0.368 e. The number of tetrazole rings is 1. The summed E-state index contributed by atoms with van der Waals surface area (Å²) in [6.07, 6.45) is 0.605. The second-order valence-electron chi connectivity index (χ2n) is 7.01. The SMILES string of the molecule is CC[C@H](C(=O)N1CCN(c2ccccc2)CC1)n1nnc(-c2ccc(Cl)cc2)n1. The van der Waals surface area contributed by atoms with Crippen LogP contribution in [-0.2, 0) is 4.79 Å². The first-order chi connectivity index (χ1) is 14.2. The van der Waals surface area contributed by atoms with Gasteiger partial charge in [0, 0.05) is 42.5 Å². The Hall–Kier alpha value is -2.93. The maximum atomic E-state index is 13.1. The maximum Gasteiger partial charge on any atom is 0.249 e. The molecule has 0 spiro atoms. The molecule has 1 aromatic heterocycles. The number of para-hydroxylation sites is 1. The van der Waals surface area contributed by atoms with Gasteiger partial charge in [-0.25, -0.2) is 0 Å². The summed E-state index contributed by atoms with van der Waals surface area (Å²) in [6.45, 7) is 4.96. The molecule has 2 aromatic carbocycles. The van der Waals surface area contributed by atoms with E-state index in [0.29, 0.717) is 30.4 Å². The van der Waals surface area contributed by atoms with Crippen LogP contribution in [0.5, 0.6) is 0 Å². The highest BCUT2D eigenvalue weighted by Gasteiger charge is 2.29. The highest BCUT2D eigenvalue weighted by Crippen LogP contribution is 2.21. The van der Waals surface area contributed by atoms with Crippen LogP contribution in [0.2, 0.25) is 5.02 Å². The van der Waals surface area contributed by atoms with Crippen molar-refractivity contribution in [3.63, 3.8) is 0 Å². The van der Waals surface area contributed by atoms with Gasteiger partial charge in [0.15, 0.2) is 6.04 Å². The third-order valence-electron chi connectivity index (χ3n) is 5.19. The van der Waals surface area contributed by atoms with Gasteiger partial charge >= 0.3 is 0 Å². The molecule has 7 nitrogen and oxygen atoms in total. The summed E-state index contributed by atoms with van der Waals surface area (Å²) in [7, 11) is 0. The average Bonchev–Trinajstić information content (AvgIpc) is 3.25. The van der Waals surface area contributed by atoms with Crippen molar-refractivity contribution in [2.45, 2.75) is 19.4 Å². The summed E-state index contributed by atoms with van der Waals surface area (Å²) in [5.41, 5.74) is 2.01. The van der Waals surface area contributed by atoms with Gasteiger partial charge in [-0.3, -0.25) is 4.79 Å². The van der Waals surface area contributed by atoms with Gasteiger partial charge in [-0.2, -0.15) is 4.80 Å². The van der Waals surface area contributed by atoms with Gasteiger partial charge in [0.05, 0.1) is 0 Å². The summed E-state index contributed by atoms with van der Waals surface area (Å²) in [4.78, 5) is 18.8. The Bertz CT molecular complexity index is 951. The fourth-order valence-corrected chi connectivity index (χ4v) is 3.67.